The molecule has 1 saturated heterocycles. The van der Waals surface area contributed by atoms with E-state index in [0.29, 0.717) is 12.0 Å². The second-order valence-electron chi connectivity index (χ2n) is 5.91. The van der Waals surface area contributed by atoms with Gasteiger partial charge in [-0.15, -0.1) is 0 Å². The van der Waals surface area contributed by atoms with Crippen molar-refractivity contribution < 1.29 is 19.1 Å². The van der Waals surface area contributed by atoms with Crippen LogP contribution in [-0.2, 0) is 15.8 Å². The van der Waals surface area contributed by atoms with Gasteiger partial charge in [-0.25, -0.2) is 15.0 Å². The third-order valence-electron chi connectivity index (χ3n) is 4.01. The average molecular weight is 358 g/mol. The maximum atomic E-state index is 10.8. The predicted octanol–water partition coefficient (Wildman–Crippen LogP) is -1.65. The smallest absolute Gasteiger partial charge is 0.350 e. The number of imidazole rings is 1. The van der Waals surface area contributed by atoms with Crippen LogP contribution in [-0.4, -0.2) is 61.7 Å². The molecular weight excluding hydrogens is 335 g/mol. The summed E-state index contributed by atoms with van der Waals surface area (Å²) >= 11 is 0. The Morgan fingerprint density at radius 3 is 2.79 bits per heavy atom. The van der Waals surface area contributed by atoms with Crippen molar-refractivity contribution in [2.45, 2.75) is 32.1 Å². The summed E-state index contributed by atoms with van der Waals surface area (Å²) in [6.07, 6.45) is 6.00. The molecule has 0 bridgehead atoms. The molecule has 2 aliphatic rings. The van der Waals surface area contributed by atoms with E-state index in [4.69, 9.17) is 20.3 Å². The van der Waals surface area contributed by atoms with Crippen LogP contribution in [0.5, 0.6) is 0 Å². The fourth-order valence-electron chi connectivity index (χ4n) is 2.88. The van der Waals surface area contributed by atoms with E-state index in [1.165, 1.54) is 6.42 Å². The lowest BCUT2D eigenvalue weighted by Gasteiger charge is -2.39. The van der Waals surface area contributed by atoms with Gasteiger partial charge in [0.2, 0.25) is 0 Å². The summed E-state index contributed by atoms with van der Waals surface area (Å²) in [5, 5.41) is 4.86. The van der Waals surface area contributed by atoms with Crippen molar-refractivity contribution in [1.29, 1.82) is 0 Å². The van der Waals surface area contributed by atoms with Crippen LogP contribution in [0.4, 0.5) is 0 Å². The number of aromatic nitrogens is 2. The molecular formula is C13H23N6O4P. The molecule has 1 atom stereocenters. The first-order valence-electron chi connectivity index (χ1n) is 7.96. The van der Waals surface area contributed by atoms with E-state index >= 15 is 0 Å². The number of hydrazine groups is 1. The number of hydrogen-bond acceptors (Lipinski definition) is 7. The first-order chi connectivity index (χ1) is 11.4. The Balaban J connectivity index is 1.68. The zero-order valence-electron chi connectivity index (χ0n) is 13.4. The van der Waals surface area contributed by atoms with Crippen LogP contribution < -0.4 is 16.6 Å². The molecule has 0 spiro atoms. The fraction of sp³-hybridized carbons (Fsp3) is 0.692. The maximum absolute atomic E-state index is 10.8. The molecule has 1 aromatic heterocycles. The number of fused-ring (bicyclic) bond motifs is 1. The van der Waals surface area contributed by atoms with Gasteiger partial charge in [0.25, 0.3) is 0 Å². The van der Waals surface area contributed by atoms with Crippen LogP contribution in [0, 0.1) is 0 Å². The molecule has 0 radical (unpaired) electrons. The molecule has 3 heterocycles. The molecule has 3 rings (SSSR count). The van der Waals surface area contributed by atoms with Crippen LogP contribution in [0.2, 0.25) is 0 Å². The number of nitrogens with zero attached hydrogens (tertiary/aromatic N) is 5. The highest BCUT2D eigenvalue weighted by Gasteiger charge is 2.23. The molecule has 0 amide bonds. The van der Waals surface area contributed by atoms with Gasteiger partial charge in [-0.3, -0.25) is 15.3 Å². The molecule has 0 saturated carbocycles. The zero-order valence-corrected chi connectivity index (χ0v) is 14.3. The summed E-state index contributed by atoms with van der Waals surface area (Å²) in [4.78, 5) is 26.4. The summed E-state index contributed by atoms with van der Waals surface area (Å²) in [6.45, 7) is 2.49. The fourth-order valence-corrected chi connectivity index (χ4v) is 3.24. The van der Waals surface area contributed by atoms with E-state index in [1.54, 1.807) is 10.9 Å². The first-order valence-corrected chi connectivity index (χ1v) is 9.76. The number of hydrogen-bond donors (Lipinski definition) is 3. The third-order valence-corrected chi connectivity index (χ3v) is 4.53. The normalized spacial score (nSPS) is 22.0. The second-order valence-corrected chi connectivity index (χ2v) is 7.50. The maximum Gasteiger partial charge on any atom is 0.350 e. The molecule has 1 aromatic rings. The standard InChI is InChI=1S/C13H23N6O4P/c14-13-16-12-11(8-19(13)18-4-2-1-3-5-18)15-9-17(12)6-7-23-10-24(20,21)22/h8-9,13H,1-7,10,14H2,(H2,20,21,22). The molecule has 134 valence electrons. The minimum Gasteiger partial charge on any atom is -0.367 e. The van der Waals surface area contributed by atoms with Crippen molar-refractivity contribution in [3.05, 3.63) is 17.2 Å². The first kappa shape index (κ1) is 17.5. The van der Waals surface area contributed by atoms with Gasteiger partial charge in [-0.1, -0.05) is 6.42 Å². The van der Waals surface area contributed by atoms with E-state index in [0.717, 1.165) is 31.3 Å². The van der Waals surface area contributed by atoms with Gasteiger partial charge >= 0.3 is 7.60 Å². The molecule has 1 unspecified atom stereocenters. The van der Waals surface area contributed by atoms with E-state index in [-0.39, 0.29) is 6.61 Å². The highest BCUT2D eigenvalue weighted by atomic mass is 31.2. The summed E-state index contributed by atoms with van der Waals surface area (Å²) in [6, 6.07) is 0. The van der Waals surface area contributed by atoms with Crippen molar-refractivity contribution in [3.63, 3.8) is 0 Å². The quantitative estimate of drug-likeness (QED) is 0.407. The van der Waals surface area contributed by atoms with Crippen molar-refractivity contribution in [1.82, 2.24) is 19.6 Å². The van der Waals surface area contributed by atoms with Gasteiger partial charge in [-0.2, -0.15) is 0 Å². The van der Waals surface area contributed by atoms with Crippen LogP contribution >= 0.6 is 7.60 Å². The predicted molar refractivity (Wildman–Crippen MR) is 85.6 cm³/mol. The van der Waals surface area contributed by atoms with Crippen molar-refractivity contribution in [2.75, 3.05) is 26.0 Å². The summed E-state index contributed by atoms with van der Waals surface area (Å²) in [7, 11) is -4.14. The lowest BCUT2D eigenvalue weighted by atomic mass is 10.2. The van der Waals surface area contributed by atoms with E-state index in [9.17, 15) is 4.57 Å². The highest BCUT2D eigenvalue weighted by molar-refractivity contribution is 7.51. The summed E-state index contributed by atoms with van der Waals surface area (Å²) < 4.78 is 17.5. The number of piperidine rings is 1. The Morgan fingerprint density at radius 2 is 2.08 bits per heavy atom. The van der Waals surface area contributed by atoms with Crippen molar-refractivity contribution in [3.8, 4) is 0 Å². The number of ether oxygens (including phenoxy) is 1. The summed E-state index contributed by atoms with van der Waals surface area (Å²) in [5.41, 5.74) is 6.84. The Bertz CT molecular complexity index is 725. The second kappa shape index (κ2) is 7.30. The highest BCUT2D eigenvalue weighted by Crippen LogP contribution is 2.33. The van der Waals surface area contributed by atoms with Crippen molar-refractivity contribution >= 4 is 13.8 Å². The molecule has 4 N–H and O–H groups in total. The molecule has 0 aromatic carbocycles. The molecule has 0 aliphatic carbocycles. The van der Waals surface area contributed by atoms with Crippen LogP contribution in [0.15, 0.2) is 11.3 Å². The van der Waals surface area contributed by atoms with E-state index in [2.05, 4.69) is 15.0 Å². The molecule has 10 nitrogen and oxygen atoms in total. The molecule has 11 heteroatoms. The Hall–Kier alpha value is -1.29. The molecule has 1 fully saturated rings. The molecule has 2 aliphatic heterocycles. The minimum absolute atomic E-state index is 0.161. The van der Waals surface area contributed by atoms with Gasteiger partial charge in [0, 0.05) is 25.8 Å². The van der Waals surface area contributed by atoms with Crippen LogP contribution in [0.25, 0.3) is 6.20 Å². The Morgan fingerprint density at radius 1 is 1.33 bits per heavy atom. The van der Waals surface area contributed by atoms with Gasteiger partial charge in [0.15, 0.2) is 11.8 Å². The number of rotatable bonds is 6. The van der Waals surface area contributed by atoms with E-state index in [1.807, 2.05) is 11.2 Å². The number of nitrogens with two attached hydrogens (primary N) is 1. The summed E-state index contributed by atoms with van der Waals surface area (Å²) in [5.74, 6) is 0. The zero-order chi connectivity index (χ0) is 17.2. The topological polar surface area (TPSA) is 129 Å². The Kier molecular flexibility index (Phi) is 5.33. The largest absolute Gasteiger partial charge is 0.367 e. The Labute approximate surface area is 139 Å². The van der Waals surface area contributed by atoms with Gasteiger partial charge in [0.05, 0.1) is 12.9 Å². The van der Waals surface area contributed by atoms with Crippen LogP contribution in [0.1, 0.15) is 19.3 Å². The minimum atomic E-state index is -4.14. The lowest BCUT2D eigenvalue weighted by Crippen LogP contribution is -2.55. The SMILES string of the molecule is NC1N=c2c(ncn2CCOCP(=O)(O)O)=CN1N1CCCCC1. The van der Waals surface area contributed by atoms with Crippen molar-refractivity contribution in [2.24, 2.45) is 10.7 Å². The van der Waals surface area contributed by atoms with Gasteiger partial charge < -0.3 is 19.1 Å². The van der Waals surface area contributed by atoms with Crippen LogP contribution in [0.3, 0.4) is 0 Å². The van der Waals surface area contributed by atoms with Gasteiger partial charge in [0.1, 0.15) is 11.7 Å². The monoisotopic (exact) mass is 358 g/mol. The average Bonchev–Trinajstić information content (AvgIpc) is 2.93. The molecule has 24 heavy (non-hydrogen) atoms. The third kappa shape index (κ3) is 4.21. The lowest BCUT2D eigenvalue weighted by molar-refractivity contribution is -0.0127. The van der Waals surface area contributed by atoms with Gasteiger partial charge in [-0.05, 0) is 12.8 Å². The van der Waals surface area contributed by atoms with E-state index < -0.39 is 20.2 Å².